The Labute approximate surface area is 112 Å². The van der Waals surface area contributed by atoms with E-state index >= 15 is 0 Å². The van der Waals surface area contributed by atoms with E-state index in [0.717, 1.165) is 11.1 Å². The quantitative estimate of drug-likeness (QED) is 0.840. The largest absolute Gasteiger partial charge is 0.263 e. The standard InChI is InChI=1S/C14H12N2O2S/c1-11-7-15-8-14-13(11)10-16(19(14,17)18)9-12-5-3-2-4-6-12/h2-8H,9H2,1H3. The third-order valence-corrected chi connectivity index (χ3v) is 4.74. The van der Waals surface area contributed by atoms with Crippen LogP contribution in [0.5, 0.6) is 0 Å². The van der Waals surface area contributed by atoms with Gasteiger partial charge in [-0.25, -0.2) is 8.42 Å². The predicted molar refractivity (Wildman–Crippen MR) is 70.5 cm³/mol. The Balaban J connectivity index is 1.98. The number of hydrogen-bond acceptors (Lipinski definition) is 3. The Morgan fingerprint density at radius 1 is 1.21 bits per heavy atom. The van der Waals surface area contributed by atoms with Gasteiger partial charge < -0.3 is 0 Å². The molecule has 2 aromatic rings. The highest BCUT2D eigenvalue weighted by molar-refractivity contribution is 7.89. The lowest BCUT2D eigenvalue weighted by molar-refractivity contribution is 0.488. The summed E-state index contributed by atoms with van der Waals surface area (Å²) < 4.78 is 26.0. The first-order valence-corrected chi connectivity index (χ1v) is 7.31. The number of benzene rings is 1. The Hall–Kier alpha value is -1.72. The molecule has 5 heteroatoms. The second-order valence-electron chi connectivity index (χ2n) is 4.44. The molecule has 0 saturated heterocycles. The maximum Gasteiger partial charge on any atom is 0.246 e. The van der Waals surface area contributed by atoms with Gasteiger partial charge in [-0.1, -0.05) is 30.3 Å². The molecule has 1 aromatic heterocycles. The number of sulfonamides is 1. The summed E-state index contributed by atoms with van der Waals surface area (Å²) in [6, 6.07) is 9.46. The van der Waals surface area contributed by atoms with E-state index in [4.69, 9.17) is 0 Å². The molecule has 0 N–H and O–H groups in total. The molecule has 2 heterocycles. The van der Waals surface area contributed by atoms with Crippen LogP contribution in [0.25, 0.3) is 0 Å². The average molecular weight is 272 g/mol. The number of aromatic nitrogens is 1. The van der Waals surface area contributed by atoms with Crippen molar-refractivity contribution in [3.8, 4) is 0 Å². The highest BCUT2D eigenvalue weighted by Gasteiger charge is 2.36. The molecule has 1 aliphatic heterocycles. The molecule has 0 fully saturated rings. The molecule has 96 valence electrons. The van der Waals surface area contributed by atoms with Gasteiger partial charge >= 0.3 is 0 Å². The average Bonchev–Trinajstić information content (AvgIpc) is 2.65. The fourth-order valence-corrected chi connectivity index (χ4v) is 3.48. The van der Waals surface area contributed by atoms with E-state index < -0.39 is 10.0 Å². The highest BCUT2D eigenvalue weighted by atomic mass is 32.2. The zero-order valence-corrected chi connectivity index (χ0v) is 11.2. The van der Waals surface area contributed by atoms with Gasteiger partial charge in [-0.15, -0.1) is 0 Å². The first-order valence-electron chi connectivity index (χ1n) is 5.87. The molecule has 19 heavy (non-hydrogen) atoms. The smallest absolute Gasteiger partial charge is 0.246 e. The van der Waals surface area contributed by atoms with Gasteiger partial charge in [0.1, 0.15) is 11.4 Å². The zero-order valence-electron chi connectivity index (χ0n) is 10.4. The number of fused-ring (bicyclic) bond motifs is 1. The third kappa shape index (κ3) is 2.05. The van der Waals surface area contributed by atoms with Crippen molar-refractivity contribution in [2.24, 2.45) is 0 Å². The van der Waals surface area contributed by atoms with Gasteiger partial charge in [-0.2, -0.15) is 4.31 Å². The van der Waals surface area contributed by atoms with Gasteiger partial charge in [0, 0.05) is 24.5 Å². The molecule has 1 aliphatic rings. The van der Waals surface area contributed by atoms with Crippen molar-refractivity contribution in [1.82, 2.24) is 9.29 Å². The number of hydrogen-bond donors (Lipinski definition) is 0. The summed E-state index contributed by atoms with van der Waals surface area (Å²) in [5, 5.41) is 0. The first kappa shape index (κ1) is 12.3. The van der Waals surface area contributed by atoms with Crippen molar-refractivity contribution in [2.45, 2.75) is 18.4 Å². The molecule has 2 radical (unpaired) electrons. The van der Waals surface area contributed by atoms with Crippen LogP contribution in [0.1, 0.15) is 16.7 Å². The van der Waals surface area contributed by atoms with Crippen molar-refractivity contribution >= 4 is 10.0 Å². The molecule has 0 amide bonds. The van der Waals surface area contributed by atoms with Gasteiger partial charge in [0.05, 0.1) is 0 Å². The molecule has 0 bridgehead atoms. The lowest BCUT2D eigenvalue weighted by atomic mass is 10.1. The molecule has 3 rings (SSSR count). The molecule has 0 aliphatic carbocycles. The monoisotopic (exact) mass is 272 g/mol. The van der Waals surface area contributed by atoms with E-state index in [0.29, 0.717) is 5.56 Å². The molecule has 0 saturated carbocycles. The van der Waals surface area contributed by atoms with E-state index in [-0.39, 0.29) is 11.4 Å². The van der Waals surface area contributed by atoms with Crippen molar-refractivity contribution < 1.29 is 8.42 Å². The Kier molecular flexibility index (Phi) is 2.88. The van der Waals surface area contributed by atoms with Crippen LogP contribution >= 0.6 is 0 Å². The highest BCUT2D eigenvalue weighted by Crippen LogP contribution is 2.33. The zero-order chi connectivity index (χ0) is 13.5. The summed E-state index contributed by atoms with van der Waals surface area (Å²) in [5.74, 6) is 0. The minimum Gasteiger partial charge on any atom is -0.263 e. The Morgan fingerprint density at radius 2 is 1.95 bits per heavy atom. The number of nitrogens with zero attached hydrogens (tertiary/aromatic N) is 2. The second kappa shape index (κ2) is 4.43. The van der Waals surface area contributed by atoms with Crippen molar-refractivity contribution in [1.29, 1.82) is 0 Å². The Morgan fingerprint density at radius 3 is 2.63 bits per heavy atom. The lowest BCUT2D eigenvalue weighted by Crippen LogP contribution is -2.22. The normalized spacial score (nSPS) is 17.3. The van der Waals surface area contributed by atoms with Gasteiger partial charge in [-0.05, 0) is 18.1 Å². The van der Waals surface area contributed by atoms with Crippen LogP contribution in [0.4, 0.5) is 0 Å². The van der Waals surface area contributed by atoms with E-state index in [1.807, 2.05) is 37.3 Å². The molecule has 0 unspecified atom stereocenters. The number of pyridine rings is 1. The van der Waals surface area contributed by atoms with E-state index in [2.05, 4.69) is 11.5 Å². The van der Waals surface area contributed by atoms with Crippen LogP contribution in [0, 0.1) is 13.5 Å². The number of rotatable bonds is 2. The van der Waals surface area contributed by atoms with Gasteiger partial charge in [0.2, 0.25) is 10.0 Å². The van der Waals surface area contributed by atoms with Gasteiger partial charge in [0.15, 0.2) is 0 Å². The third-order valence-electron chi connectivity index (χ3n) is 3.07. The maximum absolute atomic E-state index is 12.4. The molecular weight excluding hydrogens is 260 g/mol. The SMILES string of the molecule is Cc1cncc2c1[C]N(Cc1ccccc1)S2(=O)=O. The summed E-state index contributed by atoms with van der Waals surface area (Å²) in [6.45, 7) is 5.07. The lowest BCUT2D eigenvalue weighted by Gasteiger charge is -2.13. The predicted octanol–water partition coefficient (Wildman–Crippen LogP) is 1.98. The van der Waals surface area contributed by atoms with Crippen molar-refractivity contribution in [2.75, 3.05) is 0 Å². The molecule has 1 aromatic carbocycles. The van der Waals surface area contributed by atoms with E-state index in [1.165, 1.54) is 10.5 Å². The maximum atomic E-state index is 12.4. The summed E-state index contributed by atoms with van der Waals surface area (Å²) in [4.78, 5) is 4.19. The summed E-state index contributed by atoms with van der Waals surface area (Å²) in [7, 11) is -3.51. The summed E-state index contributed by atoms with van der Waals surface area (Å²) in [6.07, 6.45) is 3.03. The Bertz CT molecular complexity index is 711. The fourth-order valence-electron chi connectivity index (χ4n) is 2.06. The van der Waals surface area contributed by atoms with Crippen LogP contribution in [-0.4, -0.2) is 17.7 Å². The first-order chi connectivity index (χ1) is 9.09. The summed E-state index contributed by atoms with van der Waals surface area (Å²) in [5.41, 5.74) is 2.36. The molecular formula is C14H12N2O2S. The second-order valence-corrected chi connectivity index (χ2v) is 6.27. The van der Waals surface area contributed by atoms with Crippen LogP contribution in [0.15, 0.2) is 47.6 Å². The van der Waals surface area contributed by atoms with Crippen LogP contribution < -0.4 is 0 Å². The minimum atomic E-state index is -3.51. The topological polar surface area (TPSA) is 50.3 Å². The molecule has 0 spiro atoms. The molecule has 0 atom stereocenters. The van der Waals surface area contributed by atoms with E-state index in [1.54, 1.807) is 6.20 Å². The van der Waals surface area contributed by atoms with Gasteiger partial charge in [0.25, 0.3) is 0 Å². The number of aryl methyl sites for hydroxylation is 1. The van der Waals surface area contributed by atoms with Crippen LogP contribution in [0.3, 0.4) is 0 Å². The van der Waals surface area contributed by atoms with Crippen molar-refractivity contribution in [3.63, 3.8) is 0 Å². The van der Waals surface area contributed by atoms with E-state index in [9.17, 15) is 8.42 Å². The summed E-state index contributed by atoms with van der Waals surface area (Å²) >= 11 is 0. The van der Waals surface area contributed by atoms with Crippen LogP contribution in [-0.2, 0) is 16.6 Å². The van der Waals surface area contributed by atoms with Crippen molar-refractivity contribution in [3.05, 3.63) is 66.0 Å². The fraction of sp³-hybridized carbons (Fsp3) is 0.143. The minimum absolute atomic E-state index is 0.239. The van der Waals surface area contributed by atoms with Gasteiger partial charge in [-0.3, -0.25) is 4.98 Å². The molecule has 4 nitrogen and oxygen atoms in total. The van der Waals surface area contributed by atoms with Crippen LogP contribution in [0.2, 0.25) is 0 Å².